The summed E-state index contributed by atoms with van der Waals surface area (Å²) in [5.74, 6) is 0. The van der Waals surface area contributed by atoms with Crippen LogP contribution in [0.5, 0.6) is 0 Å². The smallest absolute Gasteiger partial charge is 0.256 e. The van der Waals surface area contributed by atoms with Crippen LogP contribution in [0.2, 0.25) is 0 Å². The van der Waals surface area contributed by atoms with Gasteiger partial charge in [0, 0.05) is 18.2 Å². The van der Waals surface area contributed by atoms with Crippen LogP contribution in [0.4, 0.5) is 0 Å². The predicted molar refractivity (Wildman–Crippen MR) is 83.8 cm³/mol. The third-order valence-corrected chi connectivity index (χ3v) is 3.87. The summed E-state index contributed by atoms with van der Waals surface area (Å²) in [4.78, 5) is 12.7. The normalized spacial score (nSPS) is 12.4. The van der Waals surface area contributed by atoms with Gasteiger partial charge in [0.05, 0.1) is 5.69 Å². The van der Waals surface area contributed by atoms with Crippen LogP contribution in [0, 0.1) is 6.92 Å². The second-order valence-corrected chi connectivity index (χ2v) is 5.19. The molecule has 3 nitrogen and oxygen atoms in total. The van der Waals surface area contributed by atoms with Crippen molar-refractivity contribution in [1.82, 2.24) is 4.57 Å². The average Bonchev–Trinajstić information content (AvgIpc) is 2.47. The van der Waals surface area contributed by atoms with Gasteiger partial charge in [-0.2, -0.15) is 0 Å². The minimum Gasteiger partial charge on any atom is -0.326 e. The lowest BCUT2D eigenvalue weighted by molar-refractivity contribution is 0.515. The van der Waals surface area contributed by atoms with Gasteiger partial charge in [-0.3, -0.25) is 4.79 Å². The van der Waals surface area contributed by atoms with Crippen LogP contribution in [0.25, 0.3) is 11.3 Å². The second-order valence-electron chi connectivity index (χ2n) is 5.19. The lowest BCUT2D eigenvalue weighted by Gasteiger charge is -2.21. The van der Waals surface area contributed by atoms with E-state index in [2.05, 4.69) is 19.9 Å². The van der Waals surface area contributed by atoms with E-state index >= 15 is 0 Å². The molecule has 2 rings (SSSR count). The topological polar surface area (TPSA) is 48.0 Å². The molecule has 1 aromatic heterocycles. The Kier molecular flexibility index (Phi) is 4.40. The predicted octanol–water partition coefficient (Wildman–Crippen LogP) is 3.25. The van der Waals surface area contributed by atoms with Gasteiger partial charge >= 0.3 is 0 Å². The summed E-state index contributed by atoms with van der Waals surface area (Å²) >= 11 is 0. The van der Waals surface area contributed by atoms with Crippen molar-refractivity contribution in [2.24, 2.45) is 5.73 Å². The molecule has 3 heteroatoms. The maximum atomic E-state index is 12.7. The molecule has 1 atom stereocenters. The zero-order chi connectivity index (χ0) is 14.7. The highest BCUT2D eigenvalue weighted by Crippen LogP contribution is 2.24. The lowest BCUT2D eigenvalue weighted by atomic mass is 10.0. The van der Waals surface area contributed by atoms with Crippen LogP contribution in [0.3, 0.4) is 0 Å². The molecule has 0 spiro atoms. The molecule has 0 fully saturated rings. The Bertz CT molecular complexity index is 644. The third kappa shape index (κ3) is 2.54. The van der Waals surface area contributed by atoms with E-state index < -0.39 is 0 Å². The Morgan fingerprint density at radius 2 is 1.90 bits per heavy atom. The van der Waals surface area contributed by atoms with Crippen molar-refractivity contribution in [2.45, 2.75) is 39.8 Å². The van der Waals surface area contributed by atoms with Gasteiger partial charge in [0.15, 0.2) is 0 Å². The summed E-state index contributed by atoms with van der Waals surface area (Å²) in [5, 5.41) is 0. The first-order chi connectivity index (χ1) is 9.60. The fourth-order valence-electron chi connectivity index (χ4n) is 2.49. The molecule has 20 heavy (non-hydrogen) atoms. The van der Waals surface area contributed by atoms with Gasteiger partial charge in [-0.1, -0.05) is 37.3 Å². The lowest BCUT2D eigenvalue weighted by Crippen LogP contribution is -2.30. The molecule has 1 unspecified atom stereocenters. The highest BCUT2D eigenvalue weighted by Gasteiger charge is 2.16. The fourth-order valence-corrected chi connectivity index (χ4v) is 2.49. The van der Waals surface area contributed by atoms with E-state index in [9.17, 15) is 4.79 Å². The van der Waals surface area contributed by atoms with Crippen molar-refractivity contribution in [3.05, 3.63) is 57.9 Å². The molecular weight excluding hydrogens is 248 g/mol. The molecule has 0 bridgehead atoms. The zero-order valence-corrected chi connectivity index (χ0v) is 12.4. The van der Waals surface area contributed by atoms with Gasteiger partial charge in [0.2, 0.25) is 0 Å². The van der Waals surface area contributed by atoms with Gasteiger partial charge in [-0.25, -0.2) is 0 Å². The minimum absolute atomic E-state index is 0.0423. The van der Waals surface area contributed by atoms with Gasteiger partial charge in [-0.15, -0.1) is 0 Å². The molecule has 0 aliphatic rings. The Balaban J connectivity index is 2.77. The van der Waals surface area contributed by atoms with Gasteiger partial charge in [0.1, 0.15) is 0 Å². The van der Waals surface area contributed by atoms with E-state index in [0.29, 0.717) is 5.56 Å². The van der Waals surface area contributed by atoms with Gasteiger partial charge < -0.3 is 10.3 Å². The SMILES string of the molecule is CCC(C)n1c(-c2ccccc2)cc(C)c(CN)c1=O. The number of nitrogens with two attached hydrogens (primary N) is 1. The van der Waals surface area contributed by atoms with Crippen LogP contribution in [-0.2, 0) is 6.54 Å². The van der Waals surface area contributed by atoms with Crippen molar-refractivity contribution in [2.75, 3.05) is 0 Å². The van der Waals surface area contributed by atoms with E-state index in [-0.39, 0.29) is 18.1 Å². The summed E-state index contributed by atoms with van der Waals surface area (Å²) in [7, 11) is 0. The third-order valence-electron chi connectivity index (χ3n) is 3.87. The molecular formula is C17H22N2O. The number of pyridine rings is 1. The fraction of sp³-hybridized carbons (Fsp3) is 0.353. The van der Waals surface area contributed by atoms with Gasteiger partial charge in [-0.05, 0) is 37.5 Å². The van der Waals surface area contributed by atoms with Crippen LogP contribution < -0.4 is 11.3 Å². The Labute approximate surface area is 120 Å². The molecule has 0 aliphatic carbocycles. The van der Waals surface area contributed by atoms with Crippen molar-refractivity contribution in [1.29, 1.82) is 0 Å². The first-order valence-electron chi connectivity index (χ1n) is 7.10. The molecule has 1 heterocycles. The zero-order valence-electron chi connectivity index (χ0n) is 12.4. The molecule has 0 saturated carbocycles. The number of benzene rings is 1. The largest absolute Gasteiger partial charge is 0.326 e. The summed E-state index contributed by atoms with van der Waals surface area (Å²) < 4.78 is 1.88. The monoisotopic (exact) mass is 270 g/mol. The second kappa shape index (κ2) is 6.06. The molecule has 0 saturated heterocycles. The van der Waals surface area contributed by atoms with Crippen molar-refractivity contribution in [3.63, 3.8) is 0 Å². The number of rotatable bonds is 4. The van der Waals surface area contributed by atoms with Crippen LogP contribution in [0.1, 0.15) is 37.4 Å². The molecule has 106 valence electrons. The number of hydrogen-bond donors (Lipinski definition) is 1. The van der Waals surface area contributed by atoms with Crippen LogP contribution >= 0.6 is 0 Å². The number of hydrogen-bond acceptors (Lipinski definition) is 2. The summed E-state index contributed by atoms with van der Waals surface area (Å²) in [6, 6.07) is 12.3. The van der Waals surface area contributed by atoms with Crippen molar-refractivity contribution >= 4 is 0 Å². The Hall–Kier alpha value is -1.87. The average molecular weight is 270 g/mol. The molecule has 2 aromatic rings. The minimum atomic E-state index is 0.0423. The van der Waals surface area contributed by atoms with E-state index in [1.54, 1.807) is 0 Å². The molecule has 0 amide bonds. The summed E-state index contributed by atoms with van der Waals surface area (Å²) in [6.45, 7) is 6.41. The van der Waals surface area contributed by atoms with Crippen LogP contribution in [-0.4, -0.2) is 4.57 Å². The van der Waals surface area contributed by atoms with Crippen molar-refractivity contribution < 1.29 is 0 Å². The van der Waals surface area contributed by atoms with E-state index in [4.69, 9.17) is 5.73 Å². The highest BCUT2D eigenvalue weighted by atomic mass is 16.1. The maximum absolute atomic E-state index is 12.7. The molecule has 0 aliphatic heterocycles. The highest BCUT2D eigenvalue weighted by molar-refractivity contribution is 5.61. The van der Waals surface area contributed by atoms with E-state index in [1.807, 2.05) is 41.8 Å². The van der Waals surface area contributed by atoms with Gasteiger partial charge in [0.25, 0.3) is 5.56 Å². The Morgan fingerprint density at radius 3 is 2.45 bits per heavy atom. The molecule has 1 aromatic carbocycles. The quantitative estimate of drug-likeness (QED) is 0.927. The number of nitrogens with zero attached hydrogens (tertiary/aromatic N) is 1. The maximum Gasteiger partial charge on any atom is 0.256 e. The summed E-state index contributed by atoms with van der Waals surface area (Å²) in [6.07, 6.45) is 0.910. The number of aromatic nitrogens is 1. The van der Waals surface area contributed by atoms with Crippen molar-refractivity contribution in [3.8, 4) is 11.3 Å². The first kappa shape index (κ1) is 14.5. The Morgan fingerprint density at radius 1 is 1.25 bits per heavy atom. The van der Waals surface area contributed by atoms with E-state index in [1.165, 1.54) is 0 Å². The number of aryl methyl sites for hydroxylation is 1. The van der Waals surface area contributed by atoms with E-state index in [0.717, 1.165) is 23.2 Å². The van der Waals surface area contributed by atoms with Crippen LogP contribution in [0.15, 0.2) is 41.2 Å². The molecule has 0 radical (unpaired) electrons. The molecule has 2 N–H and O–H groups in total. The first-order valence-corrected chi connectivity index (χ1v) is 7.10. The standard InChI is InChI=1S/C17H22N2O/c1-4-13(3)19-16(14-8-6-5-7-9-14)10-12(2)15(11-18)17(19)20/h5-10,13H,4,11,18H2,1-3H3. The summed E-state index contributed by atoms with van der Waals surface area (Å²) in [5.41, 5.74) is 9.50.